The quantitative estimate of drug-likeness (QED) is 0.870. The van der Waals surface area contributed by atoms with Gasteiger partial charge in [-0.25, -0.2) is 4.79 Å². The van der Waals surface area contributed by atoms with Crippen LogP contribution in [0, 0.1) is 6.92 Å². The Kier molecular flexibility index (Phi) is 5.11. The van der Waals surface area contributed by atoms with E-state index < -0.39 is 6.09 Å². The highest BCUT2D eigenvalue weighted by Gasteiger charge is 2.23. The highest BCUT2D eigenvalue weighted by molar-refractivity contribution is 5.66. The molecule has 0 unspecified atom stereocenters. The molecule has 8 heteroatoms. The average molecular weight is 356 g/mol. The van der Waals surface area contributed by atoms with E-state index in [2.05, 4.69) is 15.3 Å². The number of aromatic nitrogens is 2. The zero-order chi connectivity index (χ0) is 18.7. The first-order chi connectivity index (χ1) is 12.4. The minimum Gasteiger partial charge on any atom is -0.465 e. The first kappa shape index (κ1) is 17.8. The lowest BCUT2D eigenvalue weighted by molar-refractivity contribution is 0.142. The van der Waals surface area contributed by atoms with Crippen LogP contribution >= 0.6 is 0 Å². The first-order valence-electron chi connectivity index (χ1n) is 8.55. The van der Waals surface area contributed by atoms with Gasteiger partial charge in [-0.2, -0.15) is 9.97 Å². The topological polar surface area (TPSA) is 84.8 Å². The third-order valence-electron chi connectivity index (χ3n) is 4.32. The number of nitrogens with zero attached hydrogens (tertiary/aromatic N) is 5. The molecule has 0 saturated carbocycles. The largest absolute Gasteiger partial charge is 0.465 e. The number of anilines is 4. The fourth-order valence-electron chi connectivity index (χ4n) is 2.74. The van der Waals surface area contributed by atoms with E-state index in [0.29, 0.717) is 37.9 Å². The van der Waals surface area contributed by atoms with Crippen LogP contribution in [0.4, 0.5) is 28.1 Å². The molecule has 3 rings (SSSR count). The van der Waals surface area contributed by atoms with Crippen molar-refractivity contribution in [3.8, 4) is 0 Å². The summed E-state index contributed by atoms with van der Waals surface area (Å²) < 4.78 is 0. The normalized spacial score (nSPS) is 14.3. The summed E-state index contributed by atoms with van der Waals surface area (Å²) in [6, 6.07) is 10.0. The Bertz CT molecular complexity index is 770. The van der Waals surface area contributed by atoms with Gasteiger partial charge < -0.3 is 25.1 Å². The number of hydrogen-bond donors (Lipinski definition) is 2. The standard InChI is InChI=1S/C18H24N6O2/c1-13-4-6-14(7-5-13)19-15-12-16(22(2)3)21-17(20-15)23-8-10-24(11-9-23)18(25)26/h4-7,12H,8-11H2,1-3H3,(H,25,26)(H,19,20,21). The van der Waals surface area contributed by atoms with Crippen LogP contribution in [0.3, 0.4) is 0 Å². The van der Waals surface area contributed by atoms with Gasteiger partial charge in [-0.05, 0) is 19.1 Å². The molecule has 26 heavy (non-hydrogen) atoms. The van der Waals surface area contributed by atoms with E-state index >= 15 is 0 Å². The van der Waals surface area contributed by atoms with E-state index in [1.165, 1.54) is 10.5 Å². The van der Waals surface area contributed by atoms with Gasteiger partial charge in [0.2, 0.25) is 5.95 Å². The molecule has 1 aliphatic rings. The molecule has 1 aromatic heterocycles. The van der Waals surface area contributed by atoms with Crippen LogP contribution in [0.15, 0.2) is 30.3 Å². The Morgan fingerprint density at radius 2 is 1.77 bits per heavy atom. The minimum atomic E-state index is -0.880. The highest BCUT2D eigenvalue weighted by atomic mass is 16.4. The fourth-order valence-corrected chi connectivity index (χ4v) is 2.74. The smallest absolute Gasteiger partial charge is 0.407 e. The molecule has 1 fully saturated rings. The predicted molar refractivity (Wildman–Crippen MR) is 103 cm³/mol. The molecule has 0 spiro atoms. The molecule has 2 heterocycles. The van der Waals surface area contributed by atoms with Gasteiger partial charge in [0.15, 0.2) is 0 Å². The summed E-state index contributed by atoms with van der Waals surface area (Å²) in [4.78, 5) is 25.7. The van der Waals surface area contributed by atoms with Gasteiger partial charge in [0.05, 0.1) is 0 Å². The molecule has 0 radical (unpaired) electrons. The van der Waals surface area contributed by atoms with E-state index in [-0.39, 0.29) is 0 Å². The number of amides is 1. The molecule has 1 aliphatic heterocycles. The number of carboxylic acid groups (broad SMARTS) is 1. The van der Waals surface area contributed by atoms with E-state index in [1.54, 1.807) is 0 Å². The van der Waals surface area contributed by atoms with Crippen molar-refractivity contribution in [2.24, 2.45) is 0 Å². The van der Waals surface area contributed by atoms with Gasteiger partial charge in [-0.15, -0.1) is 0 Å². The van der Waals surface area contributed by atoms with E-state index in [1.807, 2.05) is 61.2 Å². The molecule has 2 aromatic rings. The molecule has 0 atom stereocenters. The molecular weight excluding hydrogens is 332 g/mol. The summed E-state index contributed by atoms with van der Waals surface area (Å²) >= 11 is 0. The van der Waals surface area contributed by atoms with Crippen LogP contribution in [-0.4, -0.2) is 66.3 Å². The lowest BCUT2D eigenvalue weighted by Gasteiger charge is -2.33. The van der Waals surface area contributed by atoms with Gasteiger partial charge in [0.1, 0.15) is 11.6 Å². The van der Waals surface area contributed by atoms with Crippen molar-refractivity contribution in [3.63, 3.8) is 0 Å². The summed E-state index contributed by atoms with van der Waals surface area (Å²) in [5.41, 5.74) is 2.16. The number of hydrogen-bond acceptors (Lipinski definition) is 6. The molecule has 0 bridgehead atoms. The second-order valence-corrected chi connectivity index (χ2v) is 6.55. The first-order valence-corrected chi connectivity index (χ1v) is 8.55. The molecular formula is C18H24N6O2. The van der Waals surface area contributed by atoms with E-state index in [9.17, 15) is 4.79 Å². The predicted octanol–water partition coefficient (Wildman–Crippen LogP) is 2.39. The van der Waals surface area contributed by atoms with Crippen LogP contribution in [0.5, 0.6) is 0 Å². The monoisotopic (exact) mass is 356 g/mol. The third kappa shape index (κ3) is 4.14. The Labute approximate surface area is 153 Å². The van der Waals surface area contributed by atoms with Crippen molar-refractivity contribution in [3.05, 3.63) is 35.9 Å². The van der Waals surface area contributed by atoms with Crippen LogP contribution in [0.25, 0.3) is 0 Å². The summed E-state index contributed by atoms with van der Waals surface area (Å²) in [6.07, 6.45) is -0.880. The maximum Gasteiger partial charge on any atom is 0.407 e. The SMILES string of the molecule is Cc1ccc(Nc2cc(N(C)C)nc(N3CCN(C(=O)O)CC3)n2)cc1. The maximum absolute atomic E-state index is 11.1. The van der Waals surface area contributed by atoms with Crippen LogP contribution < -0.4 is 15.1 Å². The average Bonchev–Trinajstić information content (AvgIpc) is 2.63. The lowest BCUT2D eigenvalue weighted by Crippen LogP contribution is -2.48. The van der Waals surface area contributed by atoms with Gasteiger partial charge in [0, 0.05) is 52.0 Å². The van der Waals surface area contributed by atoms with E-state index in [0.717, 1.165) is 11.5 Å². The summed E-state index contributed by atoms with van der Waals surface area (Å²) in [5, 5.41) is 12.4. The zero-order valence-corrected chi connectivity index (χ0v) is 15.3. The maximum atomic E-state index is 11.1. The van der Waals surface area contributed by atoms with Crippen molar-refractivity contribution in [2.45, 2.75) is 6.92 Å². The van der Waals surface area contributed by atoms with Crippen molar-refractivity contribution in [1.82, 2.24) is 14.9 Å². The molecule has 1 saturated heterocycles. The van der Waals surface area contributed by atoms with Crippen LogP contribution in [-0.2, 0) is 0 Å². The van der Waals surface area contributed by atoms with Crippen molar-refractivity contribution >= 4 is 29.4 Å². The zero-order valence-electron chi connectivity index (χ0n) is 15.3. The number of nitrogens with one attached hydrogen (secondary N) is 1. The number of aryl methyl sites for hydroxylation is 1. The van der Waals surface area contributed by atoms with Gasteiger partial charge in [-0.1, -0.05) is 17.7 Å². The minimum absolute atomic E-state index is 0.450. The van der Waals surface area contributed by atoms with Crippen molar-refractivity contribution < 1.29 is 9.90 Å². The summed E-state index contributed by atoms with van der Waals surface area (Å²) in [6.45, 7) is 4.10. The molecule has 1 amide bonds. The molecule has 138 valence electrons. The molecule has 1 aromatic carbocycles. The Morgan fingerprint density at radius 3 is 2.35 bits per heavy atom. The van der Waals surface area contributed by atoms with Gasteiger partial charge >= 0.3 is 6.09 Å². The number of rotatable bonds is 4. The van der Waals surface area contributed by atoms with Gasteiger partial charge in [0.25, 0.3) is 0 Å². The third-order valence-corrected chi connectivity index (χ3v) is 4.32. The Balaban J connectivity index is 1.82. The second kappa shape index (κ2) is 7.47. The van der Waals surface area contributed by atoms with Crippen molar-refractivity contribution in [2.75, 3.05) is 55.4 Å². The Morgan fingerprint density at radius 1 is 1.12 bits per heavy atom. The van der Waals surface area contributed by atoms with Crippen LogP contribution in [0.1, 0.15) is 5.56 Å². The lowest BCUT2D eigenvalue weighted by atomic mass is 10.2. The molecule has 2 N–H and O–H groups in total. The van der Waals surface area contributed by atoms with Crippen LogP contribution in [0.2, 0.25) is 0 Å². The van der Waals surface area contributed by atoms with Crippen molar-refractivity contribution in [1.29, 1.82) is 0 Å². The number of piperazine rings is 1. The van der Waals surface area contributed by atoms with Gasteiger partial charge in [-0.3, -0.25) is 0 Å². The summed E-state index contributed by atoms with van der Waals surface area (Å²) in [7, 11) is 3.87. The summed E-state index contributed by atoms with van der Waals surface area (Å²) in [5.74, 6) is 2.12. The number of benzene rings is 1. The van der Waals surface area contributed by atoms with E-state index in [4.69, 9.17) is 5.11 Å². The highest BCUT2D eigenvalue weighted by Crippen LogP contribution is 2.23. The Hall–Kier alpha value is -3.03. The second-order valence-electron chi connectivity index (χ2n) is 6.55. The molecule has 0 aliphatic carbocycles. The fraction of sp³-hybridized carbons (Fsp3) is 0.389. The number of carbonyl (C=O) groups is 1. The molecule has 8 nitrogen and oxygen atoms in total.